The summed E-state index contributed by atoms with van der Waals surface area (Å²) in [5, 5.41) is 3.37. The lowest BCUT2D eigenvalue weighted by Gasteiger charge is -1.96. The van der Waals surface area contributed by atoms with Gasteiger partial charge in [-0.2, -0.15) is 0 Å². The molecule has 0 aromatic carbocycles. The fourth-order valence-corrected chi connectivity index (χ4v) is 1.17. The molecular weight excluding hydrogens is 114 g/mol. The van der Waals surface area contributed by atoms with Crippen LogP contribution in [-0.2, 0) is 4.79 Å². The number of nitrogens with one attached hydrogen (secondary N) is 1. The Bertz CT molecular complexity index is 67.3. The molecule has 0 aliphatic carbocycles. The van der Waals surface area contributed by atoms with E-state index in [-0.39, 0.29) is 0 Å². The molecule has 2 nitrogen and oxygen atoms in total. The Morgan fingerprint density at radius 1 is 1.44 bits per heavy atom. The minimum absolute atomic E-state index is 0.773. The van der Waals surface area contributed by atoms with Crippen molar-refractivity contribution in [3.63, 3.8) is 0 Å². The molecule has 0 spiro atoms. The van der Waals surface area contributed by atoms with Gasteiger partial charge in [-0.3, -0.25) is 0 Å². The SMILES string of the molecule is C=O.CC1CNC(C)C1. The van der Waals surface area contributed by atoms with Crippen LogP contribution in [0.25, 0.3) is 0 Å². The van der Waals surface area contributed by atoms with Crippen LogP contribution in [0.2, 0.25) is 0 Å². The lowest BCUT2D eigenvalue weighted by Crippen LogP contribution is -2.16. The number of rotatable bonds is 0. The van der Waals surface area contributed by atoms with Crippen molar-refractivity contribution in [3.05, 3.63) is 0 Å². The quantitative estimate of drug-likeness (QED) is 0.524. The Morgan fingerprint density at radius 3 is 2.11 bits per heavy atom. The van der Waals surface area contributed by atoms with Gasteiger partial charge < -0.3 is 10.1 Å². The van der Waals surface area contributed by atoms with Crippen molar-refractivity contribution < 1.29 is 4.79 Å². The standard InChI is InChI=1S/C6H13N.CH2O/c1-5-3-6(2)7-4-5;1-2/h5-7H,3-4H2,1-2H3;1H2. The molecule has 1 aliphatic heterocycles. The smallest absolute Gasteiger partial charge is 0.106 e. The predicted octanol–water partition coefficient (Wildman–Crippen LogP) is 0.819. The number of carbonyl (C=O) groups excluding carboxylic acids is 1. The van der Waals surface area contributed by atoms with E-state index < -0.39 is 0 Å². The Morgan fingerprint density at radius 2 is 2.00 bits per heavy atom. The van der Waals surface area contributed by atoms with E-state index in [1.165, 1.54) is 13.0 Å². The van der Waals surface area contributed by atoms with E-state index >= 15 is 0 Å². The summed E-state index contributed by atoms with van der Waals surface area (Å²) >= 11 is 0. The van der Waals surface area contributed by atoms with E-state index in [4.69, 9.17) is 4.79 Å². The van der Waals surface area contributed by atoms with Crippen LogP contribution in [0.4, 0.5) is 0 Å². The molecule has 0 radical (unpaired) electrons. The summed E-state index contributed by atoms with van der Waals surface area (Å²) in [6.07, 6.45) is 1.36. The summed E-state index contributed by atoms with van der Waals surface area (Å²) in [6.45, 7) is 7.75. The first-order chi connectivity index (χ1) is 4.29. The molecule has 0 saturated carbocycles. The highest BCUT2D eigenvalue weighted by Gasteiger charge is 2.14. The summed E-state index contributed by atoms with van der Waals surface area (Å²) in [7, 11) is 0. The van der Waals surface area contributed by atoms with Crippen LogP contribution in [0.15, 0.2) is 0 Å². The van der Waals surface area contributed by atoms with Gasteiger partial charge in [0.05, 0.1) is 0 Å². The van der Waals surface area contributed by atoms with Crippen LogP contribution in [0.1, 0.15) is 20.3 Å². The Labute approximate surface area is 56.6 Å². The molecule has 0 aromatic rings. The van der Waals surface area contributed by atoms with Gasteiger partial charge in [-0.1, -0.05) is 6.92 Å². The van der Waals surface area contributed by atoms with Crippen molar-refractivity contribution in [2.75, 3.05) is 6.54 Å². The molecule has 1 saturated heterocycles. The Kier molecular flexibility index (Phi) is 4.32. The van der Waals surface area contributed by atoms with Crippen LogP contribution in [0.5, 0.6) is 0 Å². The molecule has 1 aliphatic rings. The number of carbonyl (C=O) groups is 1. The van der Waals surface area contributed by atoms with Gasteiger partial charge in [-0.25, -0.2) is 0 Å². The number of hydrogen-bond acceptors (Lipinski definition) is 2. The van der Waals surface area contributed by atoms with Gasteiger partial charge in [0.25, 0.3) is 0 Å². The second kappa shape index (κ2) is 4.50. The molecule has 2 atom stereocenters. The maximum absolute atomic E-state index is 8.00. The van der Waals surface area contributed by atoms with Crippen molar-refractivity contribution in [2.45, 2.75) is 26.3 Å². The third-order valence-corrected chi connectivity index (χ3v) is 1.57. The molecule has 1 fully saturated rings. The van der Waals surface area contributed by atoms with Gasteiger partial charge >= 0.3 is 0 Å². The molecule has 0 aromatic heterocycles. The van der Waals surface area contributed by atoms with Gasteiger partial charge in [0.2, 0.25) is 0 Å². The Hall–Kier alpha value is -0.370. The van der Waals surface area contributed by atoms with Crippen molar-refractivity contribution in [3.8, 4) is 0 Å². The average molecular weight is 129 g/mol. The highest BCUT2D eigenvalue weighted by Crippen LogP contribution is 2.10. The highest BCUT2D eigenvalue weighted by atomic mass is 16.1. The fourth-order valence-electron chi connectivity index (χ4n) is 1.17. The van der Waals surface area contributed by atoms with Crippen LogP contribution in [-0.4, -0.2) is 19.4 Å². The second-order valence-corrected chi connectivity index (χ2v) is 2.65. The molecule has 9 heavy (non-hydrogen) atoms. The molecule has 1 rings (SSSR count). The summed E-state index contributed by atoms with van der Waals surface area (Å²) in [4.78, 5) is 8.00. The van der Waals surface area contributed by atoms with E-state index in [1.807, 2.05) is 6.79 Å². The van der Waals surface area contributed by atoms with Gasteiger partial charge in [0, 0.05) is 6.04 Å². The molecule has 54 valence electrons. The molecular formula is C7H15NO. The van der Waals surface area contributed by atoms with Gasteiger partial charge in [-0.15, -0.1) is 0 Å². The second-order valence-electron chi connectivity index (χ2n) is 2.65. The topological polar surface area (TPSA) is 29.1 Å². The molecule has 0 bridgehead atoms. The molecule has 1 N–H and O–H groups in total. The summed E-state index contributed by atoms with van der Waals surface area (Å²) < 4.78 is 0. The minimum Gasteiger partial charge on any atom is -0.314 e. The maximum atomic E-state index is 8.00. The molecule has 2 heteroatoms. The van der Waals surface area contributed by atoms with Gasteiger partial charge in [-0.05, 0) is 25.8 Å². The lowest BCUT2D eigenvalue weighted by atomic mass is 10.1. The van der Waals surface area contributed by atoms with Crippen molar-refractivity contribution >= 4 is 6.79 Å². The first-order valence-corrected chi connectivity index (χ1v) is 3.31. The largest absolute Gasteiger partial charge is 0.314 e. The van der Waals surface area contributed by atoms with Crippen LogP contribution in [0.3, 0.4) is 0 Å². The summed E-state index contributed by atoms with van der Waals surface area (Å²) in [6, 6.07) is 0.773. The molecule has 1 heterocycles. The Balaban J connectivity index is 0.000000291. The monoisotopic (exact) mass is 129 g/mol. The van der Waals surface area contributed by atoms with Crippen LogP contribution < -0.4 is 5.32 Å². The van der Waals surface area contributed by atoms with E-state index in [2.05, 4.69) is 19.2 Å². The molecule has 0 amide bonds. The fraction of sp³-hybridized carbons (Fsp3) is 0.857. The molecule has 2 unspecified atom stereocenters. The van der Waals surface area contributed by atoms with Gasteiger partial charge in [0.1, 0.15) is 6.79 Å². The summed E-state index contributed by atoms with van der Waals surface area (Å²) in [5.74, 6) is 0.912. The normalized spacial score (nSPS) is 33.1. The zero-order valence-electron chi connectivity index (χ0n) is 6.18. The third-order valence-electron chi connectivity index (χ3n) is 1.57. The average Bonchev–Trinajstić information content (AvgIpc) is 2.20. The third kappa shape index (κ3) is 3.25. The van der Waals surface area contributed by atoms with Crippen LogP contribution in [0, 0.1) is 5.92 Å². The number of hydrogen-bond donors (Lipinski definition) is 1. The van der Waals surface area contributed by atoms with E-state index in [1.54, 1.807) is 0 Å². The van der Waals surface area contributed by atoms with Crippen LogP contribution >= 0.6 is 0 Å². The minimum atomic E-state index is 0.773. The predicted molar refractivity (Wildman–Crippen MR) is 38.4 cm³/mol. The van der Waals surface area contributed by atoms with E-state index in [0.29, 0.717) is 0 Å². The van der Waals surface area contributed by atoms with Crippen molar-refractivity contribution in [1.82, 2.24) is 5.32 Å². The first-order valence-electron chi connectivity index (χ1n) is 3.31. The zero-order chi connectivity index (χ0) is 7.28. The van der Waals surface area contributed by atoms with E-state index in [9.17, 15) is 0 Å². The first kappa shape index (κ1) is 8.63. The van der Waals surface area contributed by atoms with Crippen molar-refractivity contribution in [2.24, 2.45) is 5.92 Å². The summed E-state index contributed by atoms with van der Waals surface area (Å²) in [5.41, 5.74) is 0. The maximum Gasteiger partial charge on any atom is 0.106 e. The lowest BCUT2D eigenvalue weighted by molar-refractivity contribution is -0.0979. The van der Waals surface area contributed by atoms with E-state index in [0.717, 1.165) is 12.0 Å². The zero-order valence-corrected chi connectivity index (χ0v) is 6.18. The van der Waals surface area contributed by atoms with Gasteiger partial charge in [0.15, 0.2) is 0 Å². The van der Waals surface area contributed by atoms with Crippen molar-refractivity contribution in [1.29, 1.82) is 0 Å². The highest BCUT2D eigenvalue weighted by molar-refractivity contribution is 5.10.